The normalized spacial score (nSPS) is 19.0. The number of β-amino-alcohol motifs (C(OH)–C–C–N with tert-alkyl or cyclic N) is 1. The van der Waals surface area contributed by atoms with Crippen LogP contribution in [-0.2, 0) is 5.41 Å². The molecule has 0 spiro atoms. The average molecular weight is 323 g/mol. The molecule has 3 rings (SSSR count). The maximum Gasteiger partial charge on any atom is 0.214 e. The zero-order valence-corrected chi connectivity index (χ0v) is 14.6. The van der Waals surface area contributed by atoms with E-state index in [1.807, 2.05) is 17.6 Å². The van der Waals surface area contributed by atoms with Crippen molar-refractivity contribution in [2.75, 3.05) is 37.6 Å². The van der Waals surface area contributed by atoms with Gasteiger partial charge >= 0.3 is 0 Å². The molecular formula is C15H25N5OS. The number of anilines is 1. The van der Waals surface area contributed by atoms with E-state index in [1.165, 1.54) is 0 Å². The van der Waals surface area contributed by atoms with Crippen molar-refractivity contribution in [3.8, 4) is 0 Å². The van der Waals surface area contributed by atoms with Crippen LogP contribution in [0.5, 0.6) is 0 Å². The summed E-state index contributed by atoms with van der Waals surface area (Å²) in [6, 6.07) is 0. The van der Waals surface area contributed by atoms with Gasteiger partial charge in [0, 0.05) is 38.1 Å². The summed E-state index contributed by atoms with van der Waals surface area (Å²) in [5, 5.41) is 15.2. The fourth-order valence-corrected chi connectivity index (χ4v) is 3.61. The zero-order valence-electron chi connectivity index (χ0n) is 13.8. The van der Waals surface area contributed by atoms with Crippen molar-refractivity contribution >= 4 is 21.4 Å². The van der Waals surface area contributed by atoms with Gasteiger partial charge in [-0.15, -0.1) is 5.10 Å². The first-order valence-corrected chi connectivity index (χ1v) is 8.66. The number of fused-ring (bicyclic) bond motifs is 1. The molecular weight excluding hydrogens is 298 g/mol. The van der Waals surface area contributed by atoms with Crippen LogP contribution >= 0.6 is 11.3 Å². The van der Waals surface area contributed by atoms with Crippen LogP contribution < -0.4 is 4.90 Å². The van der Waals surface area contributed by atoms with E-state index in [1.54, 1.807) is 11.3 Å². The number of hydrogen-bond donors (Lipinski definition) is 1. The van der Waals surface area contributed by atoms with Gasteiger partial charge in [0.25, 0.3) is 0 Å². The molecule has 22 heavy (non-hydrogen) atoms. The quantitative estimate of drug-likeness (QED) is 0.930. The van der Waals surface area contributed by atoms with Gasteiger partial charge in [0.2, 0.25) is 10.1 Å². The van der Waals surface area contributed by atoms with Crippen LogP contribution in [0.1, 0.15) is 33.4 Å². The highest BCUT2D eigenvalue weighted by molar-refractivity contribution is 7.20. The second-order valence-corrected chi connectivity index (χ2v) is 8.06. The van der Waals surface area contributed by atoms with E-state index in [0.29, 0.717) is 0 Å². The summed E-state index contributed by atoms with van der Waals surface area (Å²) in [6.45, 7) is 13.0. The van der Waals surface area contributed by atoms with Crippen LogP contribution in [0.2, 0.25) is 0 Å². The van der Waals surface area contributed by atoms with Crippen molar-refractivity contribution in [1.29, 1.82) is 0 Å². The van der Waals surface area contributed by atoms with Crippen LogP contribution in [0.25, 0.3) is 4.96 Å². The van der Waals surface area contributed by atoms with E-state index in [0.717, 1.165) is 48.5 Å². The molecule has 0 unspecified atom stereocenters. The second kappa shape index (κ2) is 5.79. The van der Waals surface area contributed by atoms with E-state index in [9.17, 15) is 5.11 Å². The lowest BCUT2D eigenvalue weighted by atomic mass is 9.93. The summed E-state index contributed by atoms with van der Waals surface area (Å²) in [7, 11) is 0. The lowest BCUT2D eigenvalue weighted by Crippen LogP contribution is -2.48. The van der Waals surface area contributed by atoms with E-state index in [2.05, 4.69) is 35.7 Å². The molecule has 1 N–H and O–H groups in total. The summed E-state index contributed by atoms with van der Waals surface area (Å²) in [5.41, 5.74) is 1.14. The highest BCUT2D eigenvalue weighted by Crippen LogP contribution is 2.28. The van der Waals surface area contributed by atoms with Gasteiger partial charge in [-0.3, -0.25) is 4.90 Å². The van der Waals surface area contributed by atoms with E-state index in [4.69, 9.17) is 4.98 Å². The van der Waals surface area contributed by atoms with Crippen molar-refractivity contribution in [2.24, 2.45) is 0 Å². The van der Waals surface area contributed by atoms with Gasteiger partial charge in [-0.05, 0) is 6.92 Å². The smallest absolute Gasteiger partial charge is 0.214 e. The number of hydrogen-bond acceptors (Lipinski definition) is 6. The number of aliphatic hydroxyl groups is 1. The van der Waals surface area contributed by atoms with Crippen molar-refractivity contribution < 1.29 is 5.11 Å². The van der Waals surface area contributed by atoms with Crippen molar-refractivity contribution in [1.82, 2.24) is 19.5 Å². The Kier molecular flexibility index (Phi) is 4.13. The van der Waals surface area contributed by atoms with Crippen LogP contribution in [-0.4, -0.2) is 63.4 Å². The zero-order chi connectivity index (χ0) is 15.9. The largest absolute Gasteiger partial charge is 0.392 e. The minimum atomic E-state index is -0.259. The fraction of sp³-hybridized carbons (Fsp3) is 0.733. The van der Waals surface area contributed by atoms with Gasteiger partial charge in [-0.25, -0.2) is 9.50 Å². The standard InChI is InChI=1S/C15H25N5OS/c1-11(21)9-18-5-7-19(8-6-18)14-17-20-10-12(15(2,3)4)16-13(20)22-14/h10-11,21H,5-9H2,1-4H3/t11-/m1/s1. The lowest BCUT2D eigenvalue weighted by molar-refractivity contribution is 0.122. The first kappa shape index (κ1) is 15.7. The Bertz CT molecular complexity index is 602. The minimum Gasteiger partial charge on any atom is -0.392 e. The van der Waals surface area contributed by atoms with E-state index in [-0.39, 0.29) is 11.5 Å². The topological polar surface area (TPSA) is 56.9 Å². The molecule has 0 amide bonds. The Balaban J connectivity index is 1.69. The molecule has 1 fully saturated rings. The third kappa shape index (κ3) is 3.26. The molecule has 0 saturated carbocycles. The Morgan fingerprint density at radius 1 is 1.27 bits per heavy atom. The summed E-state index contributed by atoms with van der Waals surface area (Å²) in [4.78, 5) is 10.3. The molecule has 0 aromatic carbocycles. The first-order chi connectivity index (χ1) is 10.3. The Labute approximate surface area is 135 Å². The minimum absolute atomic E-state index is 0.0558. The molecule has 0 radical (unpaired) electrons. The van der Waals surface area contributed by atoms with Crippen LogP contribution in [0.3, 0.4) is 0 Å². The highest BCUT2D eigenvalue weighted by Gasteiger charge is 2.23. The predicted octanol–water partition coefficient (Wildman–Crippen LogP) is 1.59. The Morgan fingerprint density at radius 2 is 1.95 bits per heavy atom. The van der Waals surface area contributed by atoms with Crippen molar-refractivity contribution in [2.45, 2.75) is 39.2 Å². The number of piperazine rings is 1. The molecule has 0 aliphatic carbocycles. The van der Waals surface area contributed by atoms with Gasteiger partial charge in [0.1, 0.15) is 0 Å². The van der Waals surface area contributed by atoms with Crippen LogP contribution in [0, 0.1) is 0 Å². The molecule has 1 saturated heterocycles. The van der Waals surface area contributed by atoms with Gasteiger partial charge in [-0.2, -0.15) is 0 Å². The maximum absolute atomic E-state index is 9.47. The SMILES string of the molecule is C[C@@H](O)CN1CCN(c2nn3cc(C(C)(C)C)nc3s2)CC1. The van der Waals surface area contributed by atoms with Crippen LogP contribution in [0.4, 0.5) is 5.13 Å². The van der Waals surface area contributed by atoms with Crippen molar-refractivity contribution in [3.63, 3.8) is 0 Å². The summed E-state index contributed by atoms with van der Waals surface area (Å²) >= 11 is 1.65. The lowest BCUT2D eigenvalue weighted by Gasteiger charge is -2.34. The number of aliphatic hydroxyl groups excluding tert-OH is 1. The van der Waals surface area contributed by atoms with Crippen molar-refractivity contribution in [3.05, 3.63) is 11.9 Å². The van der Waals surface area contributed by atoms with Gasteiger partial charge in [0.05, 0.1) is 18.0 Å². The molecule has 1 atom stereocenters. The van der Waals surface area contributed by atoms with Gasteiger partial charge in [0.15, 0.2) is 0 Å². The number of nitrogens with zero attached hydrogens (tertiary/aromatic N) is 5. The number of imidazole rings is 1. The van der Waals surface area contributed by atoms with E-state index >= 15 is 0 Å². The monoisotopic (exact) mass is 323 g/mol. The van der Waals surface area contributed by atoms with Crippen LogP contribution in [0.15, 0.2) is 6.20 Å². The fourth-order valence-electron chi connectivity index (χ4n) is 2.67. The van der Waals surface area contributed by atoms with E-state index < -0.39 is 0 Å². The molecule has 2 aromatic rings. The molecule has 1 aliphatic heterocycles. The second-order valence-electron chi connectivity index (χ2n) is 7.12. The molecule has 6 nitrogen and oxygen atoms in total. The molecule has 3 heterocycles. The Morgan fingerprint density at radius 3 is 2.50 bits per heavy atom. The summed E-state index contributed by atoms with van der Waals surface area (Å²) < 4.78 is 1.91. The third-order valence-electron chi connectivity index (χ3n) is 3.97. The molecule has 0 bridgehead atoms. The summed E-state index contributed by atoms with van der Waals surface area (Å²) in [6.07, 6.45) is 1.78. The number of rotatable bonds is 3. The molecule has 1 aliphatic rings. The number of aromatic nitrogens is 3. The summed E-state index contributed by atoms with van der Waals surface area (Å²) in [5.74, 6) is 0. The highest BCUT2D eigenvalue weighted by atomic mass is 32.1. The Hall–Kier alpha value is -1.18. The third-order valence-corrected chi connectivity index (χ3v) is 4.95. The maximum atomic E-state index is 9.47. The predicted molar refractivity (Wildman–Crippen MR) is 89.9 cm³/mol. The molecule has 2 aromatic heterocycles. The molecule has 7 heteroatoms. The first-order valence-electron chi connectivity index (χ1n) is 7.85. The van der Waals surface area contributed by atoms with Gasteiger partial charge < -0.3 is 10.0 Å². The average Bonchev–Trinajstić information content (AvgIpc) is 2.96. The van der Waals surface area contributed by atoms with Gasteiger partial charge in [-0.1, -0.05) is 32.1 Å². The molecule has 122 valence electrons.